The maximum absolute atomic E-state index is 13.2. The molecule has 0 bridgehead atoms. The van der Waals surface area contributed by atoms with Crippen molar-refractivity contribution in [1.29, 1.82) is 0 Å². The predicted molar refractivity (Wildman–Crippen MR) is 118 cm³/mol. The van der Waals surface area contributed by atoms with Crippen molar-refractivity contribution >= 4 is 27.3 Å². The highest BCUT2D eigenvalue weighted by Crippen LogP contribution is 2.23. The van der Waals surface area contributed by atoms with Crippen molar-refractivity contribution in [1.82, 2.24) is 0 Å². The Morgan fingerprint density at radius 2 is 1.53 bits per heavy atom. The van der Waals surface area contributed by atoms with Gasteiger partial charge in [0.25, 0.3) is 10.0 Å². The summed E-state index contributed by atoms with van der Waals surface area (Å²) in [6, 6.07) is 23.4. The lowest BCUT2D eigenvalue weighted by atomic mass is 10.3. The van der Waals surface area contributed by atoms with Crippen LogP contribution in [-0.2, 0) is 14.8 Å². The second kappa shape index (κ2) is 9.76. The maximum atomic E-state index is 13.2. The molecule has 0 aliphatic carbocycles. The summed E-state index contributed by atoms with van der Waals surface area (Å²) in [5.74, 6) is 0.184. The molecule has 0 fully saturated rings. The lowest BCUT2D eigenvalue weighted by Crippen LogP contribution is -2.38. The minimum atomic E-state index is -3.92. The Balaban J connectivity index is 1.80. The Hall–Kier alpha value is -3.58. The first-order valence-electron chi connectivity index (χ1n) is 9.27. The molecule has 0 aliphatic rings. The number of nitrogens with one attached hydrogen (secondary N) is 1. The molecule has 6 nitrogen and oxygen atoms in total. The highest BCUT2D eigenvalue weighted by atomic mass is 32.2. The van der Waals surface area contributed by atoms with Crippen LogP contribution in [0.4, 0.5) is 11.4 Å². The Morgan fingerprint density at radius 3 is 2.13 bits per heavy atom. The van der Waals surface area contributed by atoms with Crippen LogP contribution in [0.5, 0.6) is 5.75 Å². The van der Waals surface area contributed by atoms with Gasteiger partial charge in [-0.15, -0.1) is 0 Å². The van der Waals surface area contributed by atoms with Crippen LogP contribution in [-0.4, -0.2) is 27.5 Å². The number of benzene rings is 3. The van der Waals surface area contributed by atoms with Crippen molar-refractivity contribution in [2.24, 2.45) is 0 Å². The normalized spacial score (nSPS) is 10.8. The Bertz CT molecular complexity index is 1080. The summed E-state index contributed by atoms with van der Waals surface area (Å²) in [5, 5.41) is 2.73. The number of anilines is 2. The molecule has 0 aromatic heterocycles. The molecule has 3 rings (SSSR count). The van der Waals surface area contributed by atoms with E-state index in [1.165, 1.54) is 12.1 Å². The van der Waals surface area contributed by atoms with Crippen LogP contribution in [0.1, 0.15) is 0 Å². The number of ether oxygens (including phenoxy) is 1. The summed E-state index contributed by atoms with van der Waals surface area (Å²) in [6.07, 6.45) is 1.64. The van der Waals surface area contributed by atoms with Crippen LogP contribution < -0.4 is 14.4 Å². The Labute approximate surface area is 176 Å². The minimum Gasteiger partial charge on any atom is -0.490 e. The van der Waals surface area contributed by atoms with Crippen LogP contribution >= 0.6 is 0 Å². The van der Waals surface area contributed by atoms with E-state index in [0.717, 1.165) is 4.31 Å². The fraction of sp³-hybridized carbons (Fsp3) is 0.0870. The molecular weight excluding hydrogens is 400 g/mol. The van der Waals surface area contributed by atoms with Crippen molar-refractivity contribution in [3.05, 3.63) is 97.6 Å². The fourth-order valence-electron chi connectivity index (χ4n) is 2.75. The number of carbonyl (C=O) groups excluding carboxylic acids is 1. The van der Waals surface area contributed by atoms with Crippen molar-refractivity contribution in [2.75, 3.05) is 22.8 Å². The molecule has 0 aliphatic heterocycles. The second-order valence-electron chi connectivity index (χ2n) is 6.33. The van der Waals surface area contributed by atoms with E-state index in [4.69, 9.17) is 4.74 Å². The van der Waals surface area contributed by atoms with Crippen LogP contribution in [0.2, 0.25) is 0 Å². The van der Waals surface area contributed by atoms with Gasteiger partial charge in [0.2, 0.25) is 5.91 Å². The maximum Gasteiger partial charge on any atom is 0.264 e. The van der Waals surface area contributed by atoms with Gasteiger partial charge in [-0.1, -0.05) is 49.1 Å². The summed E-state index contributed by atoms with van der Waals surface area (Å²) in [4.78, 5) is 12.8. The van der Waals surface area contributed by atoms with Crippen LogP contribution in [0.25, 0.3) is 0 Å². The highest BCUT2D eigenvalue weighted by Gasteiger charge is 2.26. The van der Waals surface area contributed by atoms with Crippen LogP contribution in [0, 0.1) is 0 Å². The Morgan fingerprint density at radius 1 is 0.933 bits per heavy atom. The molecule has 1 N–H and O–H groups in total. The lowest BCUT2D eigenvalue weighted by Gasteiger charge is -2.24. The zero-order valence-corrected chi connectivity index (χ0v) is 17.1. The van der Waals surface area contributed by atoms with Gasteiger partial charge in [-0.25, -0.2) is 8.42 Å². The predicted octanol–water partition coefficient (Wildman–Crippen LogP) is 4.09. The zero-order valence-electron chi connectivity index (χ0n) is 16.3. The monoisotopic (exact) mass is 422 g/mol. The van der Waals surface area contributed by atoms with Crippen LogP contribution in [0.3, 0.4) is 0 Å². The summed E-state index contributed by atoms with van der Waals surface area (Å²) in [7, 11) is -3.92. The molecule has 154 valence electrons. The van der Waals surface area contributed by atoms with Gasteiger partial charge < -0.3 is 10.1 Å². The highest BCUT2D eigenvalue weighted by molar-refractivity contribution is 7.92. The van der Waals surface area contributed by atoms with Crippen molar-refractivity contribution < 1.29 is 17.9 Å². The summed E-state index contributed by atoms with van der Waals surface area (Å²) in [6.45, 7) is 3.61. The summed E-state index contributed by atoms with van der Waals surface area (Å²) < 4.78 is 32.9. The molecule has 0 saturated carbocycles. The molecule has 3 aromatic rings. The first-order valence-corrected chi connectivity index (χ1v) is 10.7. The number of nitrogens with zero attached hydrogens (tertiary/aromatic N) is 1. The Kier molecular flexibility index (Phi) is 6.87. The average molecular weight is 423 g/mol. The first kappa shape index (κ1) is 21.1. The smallest absolute Gasteiger partial charge is 0.264 e. The molecule has 7 heteroatoms. The number of amides is 1. The molecule has 0 heterocycles. The van der Waals surface area contributed by atoms with E-state index >= 15 is 0 Å². The number of hydrogen-bond donors (Lipinski definition) is 1. The molecule has 3 aromatic carbocycles. The van der Waals surface area contributed by atoms with Gasteiger partial charge in [0.05, 0.1) is 10.6 Å². The third-order valence-corrected chi connectivity index (χ3v) is 5.96. The van der Waals surface area contributed by atoms with E-state index in [-0.39, 0.29) is 11.4 Å². The number of sulfonamides is 1. The number of para-hydroxylation sites is 1. The summed E-state index contributed by atoms with van der Waals surface area (Å²) in [5.41, 5.74) is 0.945. The minimum absolute atomic E-state index is 0.116. The van der Waals surface area contributed by atoms with E-state index in [0.29, 0.717) is 23.7 Å². The van der Waals surface area contributed by atoms with Crippen molar-refractivity contribution in [2.45, 2.75) is 4.90 Å². The van der Waals surface area contributed by atoms with Crippen LogP contribution in [0.15, 0.2) is 102 Å². The number of rotatable bonds is 9. The van der Waals surface area contributed by atoms with E-state index in [2.05, 4.69) is 11.9 Å². The fourth-order valence-corrected chi connectivity index (χ4v) is 4.19. The molecule has 0 saturated heterocycles. The molecule has 0 spiro atoms. The molecule has 0 radical (unpaired) electrons. The van der Waals surface area contributed by atoms with E-state index in [1.54, 1.807) is 78.9 Å². The summed E-state index contributed by atoms with van der Waals surface area (Å²) >= 11 is 0. The standard InChI is InChI=1S/C23H22N2O4S/c1-2-17-29-21-15-13-19(14-16-21)24-23(26)18-25(20-9-5-3-6-10-20)30(27,28)22-11-7-4-8-12-22/h2-16H,1,17-18H2,(H,24,26). The SMILES string of the molecule is C=CCOc1ccc(NC(=O)CN(c2ccccc2)S(=O)(=O)c2ccccc2)cc1. The zero-order chi connectivity index (χ0) is 21.4. The third kappa shape index (κ3) is 5.27. The molecule has 0 atom stereocenters. The van der Waals surface area contributed by atoms with Gasteiger partial charge >= 0.3 is 0 Å². The van der Waals surface area contributed by atoms with E-state index in [1.807, 2.05) is 0 Å². The van der Waals surface area contributed by atoms with Gasteiger partial charge in [0.15, 0.2) is 0 Å². The van der Waals surface area contributed by atoms with Gasteiger partial charge in [-0.05, 0) is 48.5 Å². The third-order valence-electron chi connectivity index (χ3n) is 4.17. The molecule has 30 heavy (non-hydrogen) atoms. The van der Waals surface area contributed by atoms with E-state index in [9.17, 15) is 13.2 Å². The van der Waals surface area contributed by atoms with Gasteiger partial charge in [0, 0.05) is 5.69 Å². The van der Waals surface area contributed by atoms with E-state index < -0.39 is 15.9 Å². The molecule has 1 amide bonds. The lowest BCUT2D eigenvalue weighted by molar-refractivity contribution is -0.114. The molecular formula is C23H22N2O4S. The largest absolute Gasteiger partial charge is 0.490 e. The quantitative estimate of drug-likeness (QED) is 0.527. The van der Waals surface area contributed by atoms with Crippen molar-refractivity contribution in [3.63, 3.8) is 0 Å². The van der Waals surface area contributed by atoms with Gasteiger partial charge in [0.1, 0.15) is 18.9 Å². The second-order valence-corrected chi connectivity index (χ2v) is 8.19. The molecule has 0 unspecified atom stereocenters. The van der Waals surface area contributed by atoms with Crippen molar-refractivity contribution in [3.8, 4) is 5.75 Å². The number of carbonyl (C=O) groups is 1. The average Bonchev–Trinajstić information content (AvgIpc) is 2.78. The number of hydrogen-bond acceptors (Lipinski definition) is 4. The van der Waals surface area contributed by atoms with Gasteiger partial charge in [-0.2, -0.15) is 0 Å². The first-order chi connectivity index (χ1) is 14.5. The van der Waals surface area contributed by atoms with Gasteiger partial charge in [-0.3, -0.25) is 9.10 Å². The topological polar surface area (TPSA) is 75.7 Å².